The summed E-state index contributed by atoms with van der Waals surface area (Å²) in [7, 11) is 0. The molecule has 0 aliphatic carbocycles. The van der Waals surface area contributed by atoms with Gasteiger partial charge in [0.05, 0.1) is 18.6 Å². The van der Waals surface area contributed by atoms with Gasteiger partial charge in [-0.1, -0.05) is 18.2 Å². The number of anilines is 1. The second kappa shape index (κ2) is 7.52. The lowest BCUT2D eigenvalue weighted by molar-refractivity contribution is -0.122. The van der Waals surface area contributed by atoms with Crippen LogP contribution in [0.25, 0.3) is 6.08 Å². The number of carbonyl (C=O) groups excluding carboxylic acids is 3. The molecule has 0 radical (unpaired) electrons. The first-order valence-electron chi connectivity index (χ1n) is 7.95. The summed E-state index contributed by atoms with van der Waals surface area (Å²) < 4.78 is 10.6. The van der Waals surface area contributed by atoms with E-state index in [0.717, 1.165) is 4.90 Å². The number of urea groups is 1. The van der Waals surface area contributed by atoms with E-state index in [-0.39, 0.29) is 11.3 Å². The molecule has 7 nitrogen and oxygen atoms in total. The monoisotopic (exact) mass is 352 g/mol. The Morgan fingerprint density at radius 1 is 1.15 bits per heavy atom. The number of carbonyl (C=O) groups is 3. The van der Waals surface area contributed by atoms with Crippen LogP contribution in [0.3, 0.4) is 0 Å². The van der Waals surface area contributed by atoms with Crippen molar-refractivity contribution in [2.75, 3.05) is 11.5 Å². The molecule has 1 aromatic heterocycles. The number of nitrogens with one attached hydrogen (secondary N) is 1. The molecule has 1 aromatic carbocycles. The Morgan fingerprint density at radius 2 is 1.96 bits per heavy atom. The van der Waals surface area contributed by atoms with Crippen LogP contribution >= 0.6 is 0 Å². The zero-order valence-electron chi connectivity index (χ0n) is 14.0. The van der Waals surface area contributed by atoms with Crippen molar-refractivity contribution in [2.45, 2.75) is 6.92 Å². The normalized spacial score (nSPS) is 16.4. The third-order valence-corrected chi connectivity index (χ3v) is 3.57. The quantitative estimate of drug-likeness (QED) is 0.660. The molecular weight excluding hydrogens is 336 g/mol. The topological polar surface area (TPSA) is 88.8 Å². The van der Waals surface area contributed by atoms with Crippen molar-refractivity contribution in [1.29, 1.82) is 0 Å². The molecule has 1 aliphatic rings. The maximum atomic E-state index is 12.8. The summed E-state index contributed by atoms with van der Waals surface area (Å²) in [5, 5.41) is 2.17. The van der Waals surface area contributed by atoms with Crippen LogP contribution in [-0.2, 0) is 9.59 Å². The first-order chi connectivity index (χ1) is 12.6. The van der Waals surface area contributed by atoms with Crippen LogP contribution in [0.2, 0.25) is 0 Å². The summed E-state index contributed by atoms with van der Waals surface area (Å²) in [5.41, 5.74) is 0.101. The van der Waals surface area contributed by atoms with Gasteiger partial charge in [0.1, 0.15) is 17.1 Å². The largest absolute Gasteiger partial charge is 0.492 e. The summed E-state index contributed by atoms with van der Waals surface area (Å²) in [6, 6.07) is 9.26. The predicted molar refractivity (Wildman–Crippen MR) is 94.5 cm³/mol. The number of hydrogen-bond donors (Lipinski definition) is 1. The van der Waals surface area contributed by atoms with Gasteiger partial charge in [-0.15, -0.1) is 0 Å². The first-order valence-corrected chi connectivity index (χ1v) is 7.95. The van der Waals surface area contributed by atoms with Crippen molar-refractivity contribution < 1.29 is 23.5 Å². The van der Waals surface area contributed by atoms with E-state index in [1.165, 1.54) is 18.4 Å². The summed E-state index contributed by atoms with van der Waals surface area (Å²) in [6.45, 7) is 2.16. The molecule has 7 heteroatoms. The van der Waals surface area contributed by atoms with Crippen LogP contribution in [0.5, 0.6) is 5.75 Å². The van der Waals surface area contributed by atoms with Gasteiger partial charge in [-0.3, -0.25) is 14.9 Å². The SMILES string of the molecule is CCOc1ccccc1N1C(=O)NC(=O)C(=CC=Cc2ccco2)C1=O. The lowest BCUT2D eigenvalue weighted by Gasteiger charge is -2.27. The Labute approximate surface area is 149 Å². The maximum absolute atomic E-state index is 12.8. The van der Waals surface area contributed by atoms with Crippen molar-refractivity contribution in [1.82, 2.24) is 5.32 Å². The highest BCUT2D eigenvalue weighted by atomic mass is 16.5. The smallest absolute Gasteiger partial charge is 0.336 e. The van der Waals surface area contributed by atoms with Gasteiger partial charge >= 0.3 is 6.03 Å². The molecule has 26 heavy (non-hydrogen) atoms. The van der Waals surface area contributed by atoms with E-state index >= 15 is 0 Å². The fourth-order valence-electron chi connectivity index (χ4n) is 2.44. The van der Waals surface area contributed by atoms with Crippen molar-refractivity contribution >= 4 is 29.6 Å². The minimum absolute atomic E-state index is 0.168. The summed E-state index contributed by atoms with van der Waals surface area (Å²) in [4.78, 5) is 37.9. The molecule has 3 rings (SSSR count). The Bertz CT molecular complexity index is 896. The van der Waals surface area contributed by atoms with E-state index in [0.29, 0.717) is 18.1 Å². The van der Waals surface area contributed by atoms with Gasteiger partial charge in [-0.25, -0.2) is 9.69 Å². The van der Waals surface area contributed by atoms with E-state index in [9.17, 15) is 14.4 Å². The lowest BCUT2D eigenvalue weighted by Crippen LogP contribution is -2.54. The lowest BCUT2D eigenvalue weighted by atomic mass is 10.1. The van der Waals surface area contributed by atoms with Gasteiger partial charge in [0.25, 0.3) is 11.8 Å². The molecule has 2 aromatic rings. The van der Waals surface area contributed by atoms with Crippen LogP contribution in [-0.4, -0.2) is 24.5 Å². The van der Waals surface area contributed by atoms with Gasteiger partial charge < -0.3 is 9.15 Å². The number of amides is 4. The molecule has 0 unspecified atom stereocenters. The minimum Gasteiger partial charge on any atom is -0.492 e. The fraction of sp³-hybridized carbons (Fsp3) is 0.105. The van der Waals surface area contributed by atoms with E-state index in [1.54, 1.807) is 49.4 Å². The average Bonchev–Trinajstić information content (AvgIpc) is 3.13. The van der Waals surface area contributed by atoms with E-state index in [4.69, 9.17) is 9.15 Å². The zero-order valence-corrected chi connectivity index (χ0v) is 14.0. The average molecular weight is 352 g/mol. The number of allylic oxidation sites excluding steroid dienone is 2. The summed E-state index contributed by atoms with van der Waals surface area (Å²) >= 11 is 0. The highest BCUT2D eigenvalue weighted by Gasteiger charge is 2.37. The fourth-order valence-corrected chi connectivity index (χ4v) is 2.44. The Hall–Kier alpha value is -3.61. The van der Waals surface area contributed by atoms with E-state index in [2.05, 4.69) is 5.32 Å². The van der Waals surface area contributed by atoms with E-state index < -0.39 is 17.8 Å². The first kappa shape index (κ1) is 17.2. The predicted octanol–water partition coefficient (Wildman–Crippen LogP) is 2.90. The van der Waals surface area contributed by atoms with Crippen LogP contribution in [0.4, 0.5) is 10.5 Å². The molecular formula is C19H16N2O5. The van der Waals surface area contributed by atoms with Crippen LogP contribution in [0, 0.1) is 0 Å². The Morgan fingerprint density at radius 3 is 2.69 bits per heavy atom. The van der Waals surface area contributed by atoms with Gasteiger partial charge in [-0.2, -0.15) is 0 Å². The Kier molecular flexibility index (Phi) is 4.98. The third-order valence-electron chi connectivity index (χ3n) is 3.57. The van der Waals surface area contributed by atoms with Crippen LogP contribution < -0.4 is 15.0 Å². The number of benzene rings is 1. The van der Waals surface area contributed by atoms with Gasteiger partial charge in [0.15, 0.2) is 0 Å². The Balaban J connectivity index is 1.93. The van der Waals surface area contributed by atoms with Crippen molar-refractivity contribution in [3.05, 3.63) is 66.1 Å². The molecule has 0 atom stereocenters. The van der Waals surface area contributed by atoms with Gasteiger partial charge in [0, 0.05) is 0 Å². The number of para-hydroxylation sites is 2. The molecule has 132 valence electrons. The van der Waals surface area contributed by atoms with Crippen molar-refractivity contribution in [3.8, 4) is 5.75 Å². The van der Waals surface area contributed by atoms with E-state index in [1.807, 2.05) is 0 Å². The molecule has 1 fully saturated rings. The number of ether oxygens (including phenoxy) is 1. The van der Waals surface area contributed by atoms with Crippen LogP contribution in [0.1, 0.15) is 12.7 Å². The molecule has 1 N–H and O–H groups in total. The molecule has 2 heterocycles. The molecule has 1 aliphatic heterocycles. The highest BCUT2D eigenvalue weighted by Crippen LogP contribution is 2.30. The number of nitrogens with zero attached hydrogens (tertiary/aromatic N) is 1. The summed E-state index contributed by atoms with van der Waals surface area (Å²) in [5.74, 6) is -0.539. The third kappa shape index (κ3) is 3.41. The number of hydrogen-bond acceptors (Lipinski definition) is 5. The standard InChI is InChI=1S/C19H16N2O5/c1-2-25-16-11-4-3-10-15(16)21-18(23)14(17(22)20-19(21)24)9-5-7-13-8-6-12-26-13/h3-12H,2H2,1H3,(H,20,22,24). The number of rotatable bonds is 5. The molecule has 0 bridgehead atoms. The second-order valence-corrected chi connectivity index (χ2v) is 5.26. The van der Waals surface area contributed by atoms with Crippen LogP contribution in [0.15, 0.2) is 64.8 Å². The summed E-state index contributed by atoms with van der Waals surface area (Å²) in [6.07, 6.45) is 5.95. The molecule has 4 amide bonds. The van der Waals surface area contributed by atoms with Gasteiger partial charge in [0.2, 0.25) is 0 Å². The molecule has 0 spiro atoms. The van der Waals surface area contributed by atoms with Crippen molar-refractivity contribution in [2.24, 2.45) is 0 Å². The molecule has 0 saturated carbocycles. The number of barbiturate groups is 1. The van der Waals surface area contributed by atoms with Gasteiger partial charge in [-0.05, 0) is 43.3 Å². The maximum Gasteiger partial charge on any atom is 0.336 e. The highest BCUT2D eigenvalue weighted by molar-refractivity contribution is 6.38. The second-order valence-electron chi connectivity index (χ2n) is 5.26. The molecule has 1 saturated heterocycles. The minimum atomic E-state index is -0.820. The number of furan rings is 1. The number of imide groups is 2. The van der Waals surface area contributed by atoms with Crippen molar-refractivity contribution in [3.63, 3.8) is 0 Å². The zero-order chi connectivity index (χ0) is 18.5.